The molecule has 0 aliphatic carbocycles. The Kier molecular flexibility index (Phi) is 7.24. The van der Waals surface area contributed by atoms with Crippen molar-refractivity contribution >= 4 is 22.9 Å². The average Bonchev–Trinajstić information content (AvgIpc) is 3.54. The summed E-state index contributed by atoms with van der Waals surface area (Å²) >= 11 is 0. The quantitative estimate of drug-likeness (QED) is 0.205. The van der Waals surface area contributed by atoms with Gasteiger partial charge in [0.25, 0.3) is 5.91 Å². The first-order valence-corrected chi connectivity index (χ1v) is 11.9. The van der Waals surface area contributed by atoms with Crippen molar-refractivity contribution in [3.8, 4) is 17.1 Å². The van der Waals surface area contributed by atoms with Crippen LogP contribution in [0.4, 0.5) is 11.5 Å². The van der Waals surface area contributed by atoms with Gasteiger partial charge >= 0.3 is 0 Å². The Morgan fingerprint density at radius 3 is 2.76 bits per heavy atom. The van der Waals surface area contributed by atoms with Crippen molar-refractivity contribution in [2.24, 2.45) is 0 Å². The first-order chi connectivity index (χ1) is 18.6. The predicted molar refractivity (Wildman–Crippen MR) is 142 cm³/mol. The molecule has 5 aromatic rings. The molecule has 12 nitrogen and oxygen atoms in total. The van der Waals surface area contributed by atoms with E-state index in [0.717, 1.165) is 11.1 Å². The first-order valence-electron chi connectivity index (χ1n) is 11.9. The zero-order valence-corrected chi connectivity index (χ0v) is 20.7. The number of fused-ring (bicyclic) bond motifs is 1. The molecule has 0 aliphatic heterocycles. The highest BCUT2D eigenvalue weighted by atomic mass is 16.5. The van der Waals surface area contributed by atoms with Gasteiger partial charge in [-0.2, -0.15) is 10.2 Å². The van der Waals surface area contributed by atoms with E-state index in [9.17, 15) is 4.79 Å². The smallest absolute Gasteiger partial charge is 0.261 e. The van der Waals surface area contributed by atoms with Gasteiger partial charge < -0.3 is 26.2 Å². The number of aliphatic hydroxyl groups excluding tert-OH is 1. The highest BCUT2D eigenvalue weighted by molar-refractivity contribution is 6.06. The molecule has 4 heterocycles. The van der Waals surface area contributed by atoms with E-state index in [0.29, 0.717) is 47.9 Å². The van der Waals surface area contributed by atoms with Gasteiger partial charge in [0.05, 0.1) is 37.8 Å². The van der Waals surface area contributed by atoms with Crippen molar-refractivity contribution in [1.82, 2.24) is 34.7 Å². The van der Waals surface area contributed by atoms with Crippen LogP contribution in [0.25, 0.3) is 16.8 Å². The molecule has 1 amide bonds. The molecule has 194 valence electrons. The summed E-state index contributed by atoms with van der Waals surface area (Å²) in [7, 11) is 1.46. The topological polar surface area (TPSA) is 158 Å². The number of hydrogen-bond donors (Lipinski definition) is 4. The maximum atomic E-state index is 13.3. The van der Waals surface area contributed by atoms with Gasteiger partial charge in [-0.1, -0.05) is 30.3 Å². The van der Waals surface area contributed by atoms with E-state index < -0.39 is 5.91 Å². The van der Waals surface area contributed by atoms with Crippen LogP contribution in [0.3, 0.4) is 0 Å². The number of hydrogen-bond acceptors (Lipinski definition) is 9. The van der Waals surface area contributed by atoms with Gasteiger partial charge in [-0.15, -0.1) is 0 Å². The number of methoxy groups -OCH3 is 1. The highest BCUT2D eigenvalue weighted by Gasteiger charge is 2.20. The summed E-state index contributed by atoms with van der Waals surface area (Å²) in [5.41, 5.74) is 10.8. The van der Waals surface area contributed by atoms with Gasteiger partial charge in [-0.25, -0.2) is 14.5 Å². The molecule has 0 spiro atoms. The van der Waals surface area contributed by atoms with E-state index in [1.165, 1.54) is 13.4 Å². The lowest BCUT2D eigenvalue weighted by Crippen LogP contribution is -2.17. The van der Waals surface area contributed by atoms with Crippen molar-refractivity contribution in [1.29, 1.82) is 0 Å². The number of aliphatic hydroxyl groups is 1. The monoisotopic (exact) mass is 513 g/mol. The number of amides is 1. The molecule has 0 fully saturated rings. The molecule has 0 saturated heterocycles. The number of benzene rings is 1. The summed E-state index contributed by atoms with van der Waals surface area (Å²) in [5.74, 6) is 0.108. The molecule has 4 aromatic heterocycles. The molecule has 0 saturated carbocycles. The SMILES string of the molecule is COc1ncc(-c2cc(CNCCO)c3c(N)ncnn23)cc1C(=O)Nc1cnn(Cc2ccccc2)c1. The van der Waals surface area contributed by atoms with Crippen LogP contribution >= 0.6 is 0 Å². The Labute approximate surface area is 218 Å². The lowest BCUT2D eigenvalue weighted by Gasteiger charge is -2.10. The maximum absolute atomic E-state index is 13.3. The van der Waals surface area contributed by atoms with Gasteiger partial charge in [-0.05, 0) is 23.3 Å². The number of nitrogens with one attached hydrogen (secondary N) is 2. The third-order valence-electron chi connectivity index (χ3n) is 5.93. The van der Waals surface area contributed by atoms with E-state index in [-0.39, 0.29) is 18.1 Å². The molecule has 0 aliphatic rings. The van der Waals surface area contributed by atoms with Crippen LogP contribution < -0.4 is 21.1 Å². The summed E-state index contributed by atoms with van der Waals surface area (Å²) in [6, 6.07) is 13.5. The summed E-state index contributed by atoms with van der Waals surface area (Å²) in [4.78, 5) is 21.8. The Morgan fingerprint density at radius 2 is 1.97 bits per heavy atom. The highest BCUT2D eigenvalue weighted by Crippen LogP contribution is 2.30. The van der Waals surface area contributed by atoms with Gasteiger partial charge in [0, 0.05) is 31.0 Å². The summed E-state index contributed by atoms with van der Waals surface area (Å²) in [6.07, 6.45) is 6.34. The number of carbonyl (C=O) groups is 1. The number of anilines is 2. The molecule has 0 atom stereocenters. The van der Waals surface area contributed by atoms with E-state index in [4.69, 9.17) is 15.6 Å². The second-order valence-corrected chi connectivity index (χ2v) is 8.51. The molecule has 0 bridgehead atoms. The Bertz CT molecular complexity index is 1560. The molecular formula is C26H27N9O3. The molecule has 0 radical (unpaired) electrons. The maximum Gasteiger partial charge on any atom is 0.261 e. The van der Waals surface area contributed by atoms with Gasteiger partial charge in [0.1, 0.15) is 17.4 Å². The fourth-order valence-corrected chi connectivity index (χ4v) is 4.19. The second kappa shape index (κ2) is 11.1. The standard InChI is InChI=1S/C26H27N9O3/c1-38-26-21(25(37)33-20-13-31-34(15-20)14-17-5-3-2-4-6-17)9-18(12-29-26)22-10-19(11-28-7-8-36)23-24(27)30-16-32-35(22)23/h2-6,9-10,12-13,15-16,28,36H,7-8,11,14H2,1H3,(H,33,37)(H2,27,30,32). The third kappa shape index (κ3) is 5.16. The number of ether oxygens (including phenoxy) is 1. The molecular weight excluding hydrogens is 486 g/mol. The molecule has 5 rings (SSSR count). The Morgan fingerprint density at radius 1 is 1.13 bits per heavy atom. The van der Waals surface area contributed by atoms with Crippen LogP contribution in [0.5, 0.6) is 5.88 Å². The van der Waals surface area contributed by atoms with E-state index in [1.807, 2.05) is 36.4 Å². The number of nitrogen functional groups attached to an aromatic ring is 1. The van der Waals surface area contributed by atoms with Crippen LogP contribution in [0.1, 0.15) is 21.5 Å². The second-order valence-electron chi connectivity index (χ2n) is 8.51. The Hall–Kier alpha value is -4.81. The molecule has 12 heteroatoms. The summed E-state index contributed by atoms with van der Waals surface area (Å²) in [6.45, 7) is 1.47. The number of nitrogens with zero attached hydrogens (tertiary/aromatic N) is 6. The predicted octanol–water partition coefficient (Wildman–Crippen LogP) is 1.96. The summed E-state index contributed by atoms with van der Waals surface area (Å²) in [5, 5.41) is 23.9. The average molecular weight is 514 g/mol. The first kappa shape index (κ1) is 24.9. The van der Waals surface area contributed by atoms with Gasteiger partial charge in [0.2, 0.25) is 5.88 Å². The molecule has 1 aromatic carbocycles. The zero-order chi connectivity index (χ0) is 26.5. The van der Waals surface area contributed by atoms with Crippen molar-refractivity contribution in [2.45, 2.75) is 13.1 Å². The minimum Gasteiger partial charge on any atom is -0.480 e. The van der Waals surface area contributed by atoms with Crippen LogP contribution in [0.15, 0.2) is 67.4 Å². The number of aromatic nitrogens is 6. The van der Waals surface area contributed by atoms with Crippen LogP contribution in [-0.2, 0) is 13.1 Å². The largest absolute Gasteiger partial charge is 0.480 e. The van der Waals surface area contributed by atoms with E-state index in [1.54, 1.807) is 33.9 Å². The zero-order valence-electron chi connectivity index (χ0n) is 20.7. The van der Waals surface area contributed by atoms with Crippen molar-refractivity contribution in [2.75, 3.05) is 31.3 Å². The lowest BCUT2D eigenvalue weighted by molar-refractivity contribution is 0.102. The molecule has 5 N–H and O–H groups in total. The van der Waals surface area contributed by atoms with E-state index >= 15 is 0 Å². The third-order valence-corrected chi connectivity index (χ3v) is 5.93. The number of rotatable bonds is 10. The van der Waals surface area contributed by atoms with E-state index in [2.05, 4.69) is 30.8 Å². The number of carbonyl (C=O) groups excluding carboxylic acids is 1. The number of pyridine rings is 1. The minimum atomic E-state index is -0.393. The van der Waals surface area contributed by atoms with Crippen LogP contribution in [-0.4, -0.2) is 60.6 Å². The minimum absolute atomic E-state index is 0.0106. The van der Waals surface area contributed by atoms with Crippen molar-refractivity contribution in [3.63, 3.8) is 0 Å². The Balaban J connectivity index is 1.43. The number of nitrogens with two attached hydrogens (primary N) is 1. The van der Waals surface area contributed by atoms with Crippen LogP contribution in [0, 0.1) is 0 Å². The van der Waals surface area contributed by atoms with Gasteiger partial charge in [-0.3, -0.25) is 9.48 Å². The fourth-order valence-electron chi connectivity index (χ4n) is 4.19. The fraction of sp³-hybridized carbons (Fsp3) is 0.192. The normalized spacial score (nSPS) is 11.1. The molecule has 38 heavy (non-hydrogen) atoms. The molecule has 0 unspecified atom stereocenters. The van der Waals surface area contributed by atoms with Crippen LogP contribution in [0.2, 0.25) is 0 Å². The van der Waals surface area contributed by atoms with Crippen molar-refractivity contribution < 1.29 is 14.6 Å². The van der Waals surface area contributed by atoms with Gasteiger partial charge in [0.15, 0.2) is 5.82 Å². The summed E-state index contributed by atoms with van der Waals surface area (Å²) < 4.78 is 8.79. The van der Waals surface area contributed by atoms with Crippen molar-refractivity contribution in [3.05, 3.63) is 84.1 Å². The lowest BCUT2D eigenvalue weighted by atomic mass is 10.1.